The number of ketones is 6. The number of hydrogen-bond donors (Lipinski definition) is 22. The van der Waals surface area contributed by atoms with Crippen molar-refractivity contribution >= 4 is 40.7 Å². The SMILES string of the molecule is C.CC(=O)c1cccc(CN(C)CN(C)Cc2cccc(C(C)=O)n2)n1.CC(=O)c1cccc(CNCNCc2cccc(C(C)=O)n2)n1.CC(=O)c1cccc(CNCNCc2cccc(C(C)=O)n2)n1.CC(C)Cc1cccc(C(=O)O)n1.CC(CN)(CN)CN.CCN.CCN.CCN.CCN(C)C.CCNC.CCNC.NCCN(CCN)CCN.NCN.NCN.NCN. The highest BCUT2D eigenvalue weighted by molar-refractivity contribution is 5.94. The molecule has 0 spiro atoms. The summed E-state index contributed by atoms with van der Waals surface area (Å²) in [6, 6.07) is 37.7. The molecule has 0 aromatic carbocycles. The predicted molar refractivity (Wildman–Crippen MR) is 553 cm³/mol. The quantitative estimate of drug-likeness (QED) is 0.0150. The van der Waals surface area contributed by atoms with Gasteiger partial charge in [-0.3, -0.25) is 64.7 Å². The first kappa shape index (κ1) is 142. The van der Waals surface area contributed by atoms with E-state index in [1.165, 1.54) is 47.6 Å². The monoisotopic (exact) mass is 1890 g/mol. The summed E-state index contributed by atoms with van der Waals surface area (Å²) in [5.74, 6) is -0.691. The van der Waals surface area contributed by atoms with Gasteiger partial charge in [0, 0.05) is 184 Å². The maximum absolute atomic E-state index is 11.4. The molecule has 134 heavy (non-hydrogen) atoms. The lowest BCUT2D eigenvalue weighted by Crippen LogP contribution is -2.41. The molecule has 0 saturated carbocycles. The standard InChI is InChI=1S/C19H24N4O2.2C17H20N4O2.C10H13NO2.C6H18N4.C5H15N3.C4H11N.2C3H9N.3C2H7N.3CH6N2.CH4/c1-14(24)18-9-5-7-16(20-18)11-22(3)13-23(4)12-17-8-6-10-19(21-17)15(2)25;2*1-12(22)16-7-3-5-14(20-16)9-18-11-19-10-15-6-4-8-17(21-15)13(2)23;1-7(2)6-8-4-3-5-9(11-8)10(12)13;7-1-4-10(5-2-8)6-3-9;1-5(2-6,3-7)4-8;1-4-5(2)3;2*1-3-4-2;3*1-2-3;3*2-1-3;/h5-10H,11-13H2,1-4H3;2*3-8,18-19H,9-11H2,1-2H3;3-5,7H,6H2,1-2H3,(H,12,13);1-9H2;2-4,6-8H2,1H3;4H2,1-3H3;2*4H,3H2,1-2H3;3*2-3H2,1H3;3*1-3H2;1H4. The first-order chi connectivity index (χ1) is 63.2. The Kier molecular flexibility index (Phi) is 106. The predicted octanol–water partition coefficient (Wildman–Crippen LogP) is 2.99. The van der Waals surface area contributed by atoms with Crippen molar-refractivity contribution in [2.75, 3.05) is 180 Å². The van der Waals surface area contributed by atoms with Crippen molar-refractivity contribution in [3.63, 3.8) is 0 Å². The first-order valence-electron chi connectivity index (χ1n) is 44.6. The molecule has 40 heteroatoms. The van der Waals surface area contributed by atoms with E-state index in [-0.39, 0.29) is 73.2 Å². The van der Waals surface area contributed by atoms with Gasteiger partial charge in [-0.2, -0.15) is 0 Å². The summed E-state index contributed by atoms with van der Waals surface area (Å²) >= 11 is 0. The Hall–Kier alpha value is -9.46. The molecule has 7 aromatic rings. The van der Waals surface area contributed by atoms with Crippen molar-refractivity contribution in [3.8, 4) is 0 Å². The molecule has 0 saturated heterocycles. The van der Waals surface area contributed by atoms with Crippen molar-refractivity contribution < 1.29 is 38.7 Å². The lowest BCUT2D eigenvalue weighted by atomic mass is 9.92. The second kappa shape index (κ2) is 99.5. The van der Waals surface area contributed by atoms with Crippen LogP contribution in [-0.2, 0) is 45.7 Å². The Morgan fingerprint density at radius 1 is 0.366 bits per heavy atom. The number of aromatic carboxylic acids is 1. The minimum Gasteiger partial charge on any atom is -0.477 e. The molecule has 0 aliphatic heterocycles. The highest BCUT2D eigenvalue weighted by Crippen LogP contribution is 2.11. The zero-order valence-corrected chi connectivity index (χ0v) is 84.4. The molecular weight excluding hydrogens is 1710 g/mol. The molecule has 0 unspecified atom stereocenters. The lowest BCUT2D eigenvalue weighted by Gasteiger charge is -2.24. The fraction of sp³-hybridized carbons (Fsp3) is 0.553. The Morgan fingerprint density at radius 2 is 0.560 bits per heavy atom. The normalized spacial score (nSPS) is 9.83. The molecule has 766 valence electrons. The Labute approximate surface area is 803 Å². The summed E-state index contributed by atoms with van der Waals surface area (Å²) in [5.41, 5.74) is 83.3. The number of nitrogens with two attached hydrogens (primary N) is 15. The number of nitrogens with zero attached hydrogens (tertiary/aromatic N) is 11. The van der Waals surface area contributed by atoms with E-state index in [1.54, 1.807) is 42.5 Å². The fourth-order valence-corrected chi connectivity index (χ4v) is 8.89. The van der Waals surface area contributed by atoms with Crippen molar-refractivity contribution in [2.45, 2.75) is 157 Å². The number of rotatable bonds is 39. The molecule has 7 heterocycles. The zero-order valence-electron chi connectivity index (χ0n) is 84.4. The van der Waals surface area contributed by atoms with E-state index in [9.17, 15) is 33.6 Å². The summed E-state index contributed by atoms with van der Waals surface area (Å²) in [6.45, 7) is 45.3. The highest BCUT2D eigenvalue weighted by Gasteiger charge is 2.17. The highest BCUT2D eigenvalue weighted by atomic mass is 16.4. The van der Waals surface area contributed by atoms with Crippen LogP contribution in [0.3, 0.4) is 0 Å². The average Bonchev–Trinajstić information content (AvgIpc) is 0.863. The van der Waals surface area contributed by atoms with Crippen LogP contribution in [0.1, 0.15) is 225 Å². The van der Waals surface area contributed by atoms with Crippen molar-refractivity contribution in [2.24, 2.45) is 97.3 Å². The largest absolute Gasteiger partial charge is 0.477 e. The van der Waals surface area contributed by atoms with Crippen LogP contribution in [0.4, 0.5) is 0 Å². The van der Waals surface area contributed by atoms with E-state index in [4.69, 9.17) is 56.7 Å². The van der Waals surface area contributed by atoms with Gasteiger partial charge in [-0.1, -0.05) is 112 Å². The Bertz CT molecular complexity index is 3620. The van der Waals surface area contributed by atoms with E-state index in [1.807, 2.05) is 135 Å². The third-order valence-electron chi connectivity index (χ3n) is 15.9. The number of aromatic nitrogens is 7. The first-order valence-corrected chi connectivity index (χ1v) is 44.6. The maximum atomic E-state index is 11.4. The minimum atomic E-state index is -0.967. The van der Waals surface area contributed by atoms with Crippen LogP contribution in [0.15, 0.2) is 127 Å². The molecule has 0 radical (unpaired) electrons. The van der Waals surface area contributed by atoms with E-state index < -0.39 is 5.97 Å². The van der Waals surface area contributed by atoms with Crippen LogP contribution in [0.25, 0.3) is 0 Å². The van der Waals surface area contributed by atoms with Crippen LogP contribution in [0.5, 0.6) is 0 Å². The van der Waals surface area contributed by atoms with Crippen LogP contribution in [-0.4, -0.2) is 281 Å². The van der Waals surface area contributed by atoms with Crippen molar-refractivity contribution in [1.29, 1.82) is 0 Å². The smallest absolute Gasteiger partial charge is 0.354 e. The van der Waals surface area contributed by atoms with E-state index in [0.29, 0.717) is 139 Å². The molecule has 0 atom stereocenters. The number of carboxylic acids is 1. The van der Waals surface area contributed by atoms with Gasteiger partial charge in [-0.05, 0) is 179 Å². The number of Topliss-reactive ketones (excluding diaryl/α,β-unsaturated/α-hetero) is 6. The number of carbonyl (C=O) groups excluding carboxylic acids is 6. The van der Waals surface area contributed by atoms with Crippen molar-refractivity contribution in [3.05, 3.63) is 207 Å². The van der Waals surface area contributed by atoms with Gasteiger partial charge in [0.1, 0.15) is 39.9 Å². The van der Waals surface area contributed by atoms with Gasteiger partial charge in [0.2, 0.25) is 0 Å². The fourth-order valence-electron chi connectivity index (χ4n) is 8.89. The second-order valence-electron chi connectivity index (χ2n) is 29.4. The molecule has 0 fully saturated rings. The van der Waals surface area contributed by atoms with Crippen molar-refractivity contribution in [1.82, 2.24) is 86.4 Å². The second-order valence-corrected chi connectivity index (χ2v) is 29.4. The van der Waals surface area contributed by atoms with Gasteiger partial charge in [-0.15, -0.1) is 0 Å². The summed E-state index contributed by atoms with van der Waals surface area (Å²) in [6.07, 6.45) is 0.821. The zero-order chi connectivity index (χ0) is 103. The number of hydrogen-bond acceptors (Lipinski definition) is 39. The van der Waals surface area contributed by atoms with Gasteiger partial charge < -0.3 is 107 Å². The summed E-state index contributed by atoms with van der Waals surface area (Å²) in [5, 5.41) is 27.3. The maximum Gasteiger partial charge on any atom is 0.354 e. The van der Waals surface area contributed by atoms with Crippen LogP contribution in [0, 0.1) is 11.3 Å². The van der Waals surface area contributed by atoms with Gasteiger partial charge in [0.25, 0.3) is 0 Å². The molecule has 40 nitrogen and oxygen atoms in total. The average molecular weight is 1890 g/mol. The van der Waals surface area contributed by atoms with Crippen LogP contribution in [0.2, 0.25) is 0 Å². The molecule has 7 aromatic heterocycles. The lowest BCUT2D eigenvalue weighted by molar-refractivity contribution is 0.0688. The molecule has 0 aliphatic carbocycles. The van der Waals surface area contributed by atoms with Gasteiger partial charge in [0.05, 0.1) is 40.8 Å². The van der Waals surface area contributed by atoms with E-state index >= 15 is 0 Å². The van der Waals surface area contributed by atoms with Gasteiger partial charge in [0.15, 0.2) is 34.7 Å². The molecule has 0 amide bonds. The molecule has 7 rings (SSSR count). The summed E-state index contributed by atoms with van der Waals surface area (Å²) in [4.78, 5) is 117. The summed E-state index contributed by atoms with van der Waals surface area (Å²) in [7, 11) is 12.0. The van der Waals surface area contributed by atoms with Crippen LogP contribution >= 0.6 is 0 Å². The molecule has 0 aliphatic rings. The number of nitrogens with one attached hydrogen (secondary N) is 6. The van der Waals surface area contributed by atoms with Gasteiger partial charge in [-0.25, -0.2) is 39.7 Å². The topological polar surface area (TPSA) is 705 Å². The minimum absolute atomic E-state index is 0. The summed E-state index contributed by atoms with van der Waals surface area (Å²) < 4.78 is 0. The third-order valence-corrected chi connectivity index (χ3v) is 15.9. The number of carboxylic acid groups (broad SMARTS) is 1. The van der Waals surface area contributed by atoms with E-state index in [2.05, 4.69) is 170 Å². The Morgan fingerprint density at radius 3 is 0.731 bits per heavy atom. The number of pyridine rings is 7. The molecule has 37 N–H and O–H groups in total. The number of carbonyl (C=O) groups is 7. The molecule has 0 bridgehead atoms. The van der Waals surface area contributed by atoms with Crippen LogP contribution < -0.4 is 118 Å². The van der Waals surface area contributed by atoms with E-state index in [0.717, 1.165) is 105 Å². The Balaban J connectivity index is -0.000000192. The molecular formula is C94H182N32O8. The van der Waals surface area contributed by atoms with Gasteiger partial charge >= 0.3 is 5.97 Å². The third kappa shape index (κ3) is 89.1.